The van der Waals surface area contributed by atoms with Crippen LogP contribution in [0.3, 0.4) is 0 Å². The Morgan fingerprint density at radius 2 is 2.00 bits per heavy atom. The highest BCUT2D eigenvalue weighted by Crippen LogP contribution is 2.36. The van der Waals surface area contributed by atoms with Gasteiger partial charge in [-0.05, 0) is 54.4 Å². The number of carbonyl (C=O) groups is 2. The number of halogens is 1. The number of carbonyl (C=O) groups excluding carboxylic acids is 2. The quantitative estimate of drug-likeness (QED) is 0.773. The molecule has 1 N–H and O–H groups in total. The van der Waals surface area contributed by atoms with Crippen LogP contribution in [0, 0.1) is 5.82 Å². The molecule has 4 nitrogen and oxygen atoms in total. The number of nitrogens with one attached hydrogen (secondary N) is 1. The second kappa shape index (κ2) is 8.36. The molecule has 1 aliphatic heterocycles. The van der Waals surface area contributed by atoms with Gasteiger partial charge in [0.15, 0.2) is 12.4 Å². The van der Waals surface area contributed by atoms with Gasteiger partial charge in [-0.15, -0.1) is 11.8 Å². The lowest BCUT2D eigenvalue weighted by molar-refractivity contribution is -0.123. The number of amides is 1. The van der Waals surface area contributed by atoms with Crippen LogP contribution in [-0.2, 0) is 4.79 Å². The first kappa shape index (κ1) is 18.5. The smallest absolute Gasteiger partial charge is 0.258 e. The standard InChI is InChI=1S/C20H20FNO3S/c1-2-18(23)13-3-6-15(7-4-13)25-12-20(24)22-17-9-10-26-19-8-5-14(21)11-16(17)19/h3-8,11,17H,2,9-10,12H2,1H3,(H,22,24)/t17-/m1/s1. The van der Waals surface area contributed by atoms with E-state index < -0.39 is 0 Å². The molecule has 2 aromatic carbocycles. The molecule has 2 aromatic rings. The molecule has 6 heteroatoms. The lowest BCUT2D eigenvalue weighted by Gasteiger charge is -2.26. The van der Waals surface area contributed by atoms with E-state index in [1.165, 1.54) is 12.1 Å². The highest BCUT2D eigenvalue weighted by Gasteiger charge is 2.23. The Hall–Kier alpha value is -2.34. The van der Waals surface area contributed by atoms with Crippen molar-refractivity contribution in [2.24, 2.45) is 0 Å². The van der Waals surface area contributed by atoms with E-state index in [1.54, 1.807) is 42.1 Å². The summed E-state index contributed by atoms with van der Waals surface area (Å²) >= 11 is 1.67. The third-order valence-corrected chi connectivity index (χ3v) is 5.34. The SMILES string of the molecule is CCC(=O)c1ccc(OCC(=O)N[C@@H]2CCSc3ccc(F)cc32)cc1. The van der Waals surface area contributed by atoms with E-state index in [4.69, 9.17) is 4.74 Å². The molecule has 1 heterocycles. The first-order valence-electron chi connectivity index (χ1n) is 8.54. The van der Waals surface area contributed by atoms with Crippen LogP contribution in [-0.4, -0.2) is 24.1 Å². The summed E-state index contributed by atoms with van der Waals surface area (Å²) in [6.45, 7) is 1.68. The molecule has 1 amide bonds. The van der Waals surface area contributed by atoms with Crippen LogP contribution in [0.25, 0.3) is 0 Å². The summed E-state index contributed by atoms with van der Waals surface area (Å²) in [6.07, 6.45) is 1.20. The molecular weight excluding hydrogens is 353 g/mol. The van der Waals surface area contributed by atoms with Gasteiger partial charge in [-0.1, -0.05) is 6.92 Å². The summed E-state index contributed by atoms with van der Waals surface area (Å²) in [5.74, 6) is 0.903. The molecule has 0 saturated carbocycles. The van der Waals surface area contributed by atoms with E-state index in [-0.39, 0.29) is 30.2 Å². The molecule has 0 aliphatic carbocycles. The first-order chi connectivity index (χ1) is 12.6. The Labute approximate surface area is 156 Å². The van der Waals surface area contributed by atoms with Gasteiger partial charge in [0.05, 0.1) is 6.04 Å². The van der Waals surface area contributed by atoms with Gasteiger partial charge < -0.3 is 10.1 Å². The number of hydrogen-bond acceptors (Lipinski definition) is 4. The second-order valence-electron chi connectivity index (χ2n) is 6.03. The number of ether oxygens (including phenoxy) is 1. The topological polar surface area (TPSA) is 55.4 Å². The molecule has 0 aromatic heterocycles. The number of fused-ring (bicyclic) bond motifs is 1. The zero-order valence-corrected chi connectivity index (χ0v) is 15.3. The van der Waals surface area contributed by atoms with Gasteiger partial charge in [0.1, 0.15) is 11.6 Å². The second-order valence-corrected chi connectivity index (χ2v) is 7.17. The van der Waals surface area contributed by atoms with Crippen LogP contribution in [0.5, 0.6) is 5.75 Å². The summed E-state index contributed by atoms with van der Waals surface area (Å²) in [4.78, 5) is 24.8. The number of rotatable bonds is 6. The molecule has 3 rings (SSSR count). The molecule has 1 aliphatic rings. The summed E-state index contributed by atoms with van der Waals surface area (Å²) in [7, 11) is 0. The molecule has 0 saturated heterocycles. The Kier molecular flexibility index (Phi) is 5.93. The number of Topliss-reactive ketones (excluding diaryl/α,β-unsaturated/α-hetero) is 1. The Morgan fingerprint density at radius 1 is 1.23 bits per heavy atom. The highest BCUT2D eigenvalue weighted by atomic mass is 32.2. The Morgan fingerprint density at radius 3 is 2.73 bits per heavy atom. The fourth-order valence-corrected chi connectivity index (χ4v) is 3.95. The molecule has 0 unspecified atom stereocenters. The van der Waals surface area contributed by atoms with Crippen LogP contribution < -0.4 is 10.1 Å². The molecular formula is C20H20FNO3S. The van der Waals surface area contributed by atoms with Crippen molar-refractivity contribution >= 4 is 23.5 Å². The Balaban J connectivity index is 1.57. The minimum absolute atomic E-state index is 0.0651. The van der Waals surface area contributed by atoms with Gasteiger partial charge >= 0.3 is 0 Å². The third kappa shape index (κ3) is 4.43. The van der Waals surface area contributed by atoms with Crippen LogP contribution in [0.2, 0.25) is 0 Å². The van der Waals surface area contributed by atoms with E-state index in [1.807, 2.05) is 6.92 Å². The predicted octanol–water partition coefficient (Wildman–Crippen LogP) is 4.15. The van der Waals surface area contributed by atoms with Gasteiger partial charge in [-0.3, -0.25) is 9.59 Å². The van der Waals surface area contributed by atoms with Crippen LogP contribution in [0.1, 0.15) is 41.7 Å². The molecule has 0 fully saturated rings. The van der Waals surface area contributed by atoms with Crippen molar-refractivity contribution in [2.45, 2.75) is 30.7 Å². The monoisotopic (exact) mass is 373 g/mol. The Bertz CT molecular complexity index is 807. The minimum Gasteiger partial charge on any atom is -0.484 e. The van der Waals surface area contributed by atoms with Crippen molar-refractivity contribution in [3.05, 3.63) is 59.4 Å². The van der Waals surface area contributed by atoms with Crippen LogP contribution in [0.15, 0.2) is 47.4 Å². The van der Waals surface area contributed by atoms with E-state index in [0.29, 0.717) is 17.7 Å². The maximum atomic E-state index is 13.5. The average molecular weight is 373 g/mol. The van der Waals surface area contributed by atoms with Crippen molar-refractivity contribution in [1.82, 2.24) is 5.32 Å². The van der Waals surface area contributed by atoms with Crippen molar-refractivity contribution in [3.63, 3.8) is 0 Å². The van der Waals surface area contributed by atoms with Crippen molar-refractivity contribution in [1.29, 1.82) is 0 Å². The number of benzene rings is 2. The maximum absolute atomic E-state index is 13.5. The zero-order chi connectivity index (χ0) is 18.5. The predicted molar refractivity (Wildman–Crippen MR) is 99.2 cm³/mol. The van der Waals surface area contributed by atoms with E-state index >= 15 is 0 Å². The van der Waals surface area contributed by atoms with E-state index in [2.05, 4.69) is 5.32 Å². The van der Waals surface area contributed by atoms with Crippen molar-refractivity contribution in [3.8, 4) is 5.75 Å². The minimum atomic E-state index is -0.302. The van der Waals surface area contributed by atoms with Gasteiger partial charge in [0.2, 0.25) is 0 Å². The number of ketones is 1. The summed E-state index contributed by atoms with van der Waals surface area (Å²) in [6, 6.07) is 11.2. The molecule has 0 radical (unpaired) electrons. The van der Waals surface area contributed by atoms with Gasteiger partial charge in [0, 0.05) is 22.6 Å². The molecule has 0 bridgehead atoms. The molecule has 0 spiro atoms. The van der Waals surface area contributed by atoms with Crippen LogP contribution in [0.4, 0.5) is 4.39 Å². The van der Waals surface area contributed by atoms with Gasteiger partial charge in [-0.2, -0.15) is 0 Å². The molecule has 26 heavy (non-hydrogen) atoms. The fourth-order valence-electron chi connectivity index (χ4n) is 2.84. The number of thioether (sulfide) groups is 1. The largest absolute Gasteiger partial charge is 0.484 e. The fraction of sp³-hybridized carbons (Fsp3) is 0.300. The number of hydrogen-bond donors (Lipinski definition) is 1. The summed E-state index contributed by atoms with van der Waals surface area (Å²) in [5.41, 5.74) is 1.44. The zero-order valence-electron chi connectivity index (χ0n) is 14.5. The maximum Gasteiger partial charge on any atom is 0.258 e. The third-order valence-electron chi connectivity index (χ3n) is 4.21. The van der Waals surface area contributed by atoms with Gasteiger partial charge in [-0.25, -0.2) is 4.39 Å². The van der Waals surface area contributed by atoms with Crippen molar-refractivity contribution in [2.75, 3.05) is 12.4 Å². The normalized spacial score (nSPS) is 15.8. The van der Waals surface area contributed by atoms with E-state index in [0.717, 1.165) is 22.6 Å². The lowest BCUT2D eigenvalue weighted by Crippen LogP contribution is -2.34. The van der Waals surface area contributed by atoms with Crippen LogP contribution >= 0.6 is 11.8 Å². The summed E-state index contributed by atoms with van der Waals surface area (Å²) < 4.78 is 19.0. The highest BCUT2D eigenvalue weighted by molar-refractivity contribution is 7.99. The van der Waals surface area contributed by atoms with Crippen molar-refractivity contribution < 1.29 is 18.7 Å². The van der Waals surface area contributed by atoms with Gasteiger partial charge in [0.25, 0.3) is 5.91 Å². The molecule has 1 atom stereocenters. The lowest BCUT2D eigenvalue weighted by atomic mass is 10.0. The van der Waals surface area contributed by atoms with E-state index in [9.17, 15) is 14.0 Å². The summed E-state index contributed by atoms with van der Waals surface area (Å²) in [5, 5.41) is 2.91. The molecule has 136 valence electrons. The average Bonchev–Trinajstić information content (AvgIpc) is 2.66. The first-order valence-corrected chi connectivity index (χ1v) is 9.53.